The van der Waals surface area contributed by atoms with Crippen LogP contribution in [0.1, 0.15) is 44.1 Å². The van der Waals surface area contributed by atoms with Gasteiger partial charge >= 0.3 is 0 Å². The number of carbonyl (C=O) groups is 1. The van der Waals surface area contributed by atoms with Gasteiger partial charge in [0.15, 0.2) is 0 Å². The second-order valence-corrected chi connectivity index (χ2v) is 8.82. The molecule has 0 bridgehead atoms. The summed E-state index contributed by atoms with van der Waals surface area (Å²) in [6.45, 7) is 4.64. The molecule has 174 valence electrons. The minimum Gasteiger partial charge on any atom is -0.332 e. The summed E-state index contributed by atoms with van der Waals surface area (Å²) in [5, 5.41) is 1.12. The molecule has 0 aliphatic carbocycles. The highest BCUT2D eigenvalue weighted by atomic mass is 35.5. The summed E-state index contributed by atoms with van der Waals surface area (Å²) in [4.78, 5) is 33.8. The topological polar surface area (TPSA) is 55.2 Å². The lowest BCUT2D eigenvalue weighted by Gasteiger charge is -2.31. The van der Waals surface area contributed by atoms with Crippen molar-refractivity contribution in [2.45, 2.75) is 39.2 Å². The zero-order valence-electron chi connectivity index (χ0n) is 19.4. The first-order valence-electron chi connectivity index (χ1n) is 11.6. The third-order valence-corrected chi connectivity index (χ3v) is 6.25. The van der Waals surface area contributed by atoms with Crippen molar-refractivity contribution in [3.8, 4) is 5.69 Å². The van der Waals surface area contributed by atoms with Gasteiger partial charge in [0.05, 0.1) is 29.1 Å². The maximum Gasteiger partial charge on any atom is 0.266 e. The van der Waals surface area contributed by atoms with Crippen LogP contribution in [0.5, 0.6) is 0 Å². The van der Waals surface area contributed by atoms with E-state index in [1.807, 2.05) is 60.4 Å². The Hall–Kier alpha value is -3.44. The number of rotatable bonds is 8. The van der Waals surface area contributed by atoms with E-state index in [2.05, 4.69) is 6.92 Å². The van der Waals surface area contributed by atoms with Gasteiger partial charge < -0.3 is 4.90 Å². The highest BCUT2D eigenvalue weighted by molar-refractivity contribution is 6.30. The van der Waals surface area contributed by atoms with Crippen molar-refractivity contribution in [2.24, 2.45) is 0 Å². The molecule has 1 amide bonds. The molecule has 0 saturated heterocycles. The van der Waals surface area contributed by atoms with Crippen LogP contribution in [0.2, 0.25) is 5.02 Å². The normalized spacial score (nSPS) is 12.0. The molecule has 3 aromatic carbocycles. The lowest BCUT2D eigenvalue weighted by molar-refractivity contribution is -0.132. The number of benzene rings is 3. The summed E-state index contributed by atoms with van der Waals surface area (Å²) in [5.41, 5.74) is 2.08. The van der Waals surface area contributed by atoms with Gasteiger partial charge in [0.2, 0.25) is 5.91 Å². The number of halogens is 1. The van der Waals surface area contributed by atoms with Gasteiger partial charge in [-0.15, -0.1) is 0 Å². The Morgan fingerprint density at radius 1 is 1.00 bits per heavy atom. The Morgan fingerprint density at radius 3 is 2.38 bits per heavy atom. The van der Waals surface area contributed by atoms with Crippen molar-refractivity contribution in [3.05, 3.63) is 106 Å². The summed E-state index contributed by atoms with van der Waals surface area (Å²) >= 11 is 6.11. The molecule has 1 heterocycles. The minimum absolute atomic E-state index is 0.0113. The van der Waals surface area contributed by atoms with E-state index in [0.717, 1.165) is 18.4 Å². The lowest BCUT2D eigenvalue weighted by atomic mass is 10.1. The van der Waals surface area contributed by atoms with Crippen LogP contribution in [0.25, 0.3) is 16.6 Å². The Bertz CT molecular complexity index is 1330. The average Bonchev–Trinajstić information content (AvgIpc) is 2.85. The number of hydrogen-bond donors (Lipinski definition) is 0. The van der Waals surface area contributed by atoms with Crippen molar-refractivity contribution in [3.63, 3.8) is 0 Å². The van der Waals surface area contributed by atoms with Crippen LogP contribution in [-0.2, 0) is 11.2 Å². The van der Waals surface area contributed by atoms with E-state index < -0.39 is 6.04 Å². The molecule has 1 aromatic heterocycles. The summed E-state index contributed by atoms with van der Waals surface area (Å²) in [5.74, 6) is 0.542. The van der Waals surface area contributed by atoms with E-state index >= 15 is 0 Å². The number of hydrogen-bond acceptors (Lipinski definition) is 3. The number of fused-ring (bicyclic) bond motifs is 1. The Morgan fingerprint density at radius 2 is 1.68 bits per heavy atom. The summed E-state index contributed by atoms with van der Waals surface area (Å²) in [7, 11) is 0. The SMILES string of the molecule is CCCCN(C(=O)Cc1ccccc1)C(C)c1nc2ccccc2c(=O)n1-c1ccc(Cl)cc1. The first-order valence-corrected chi connectivity index (χ1v) is 12.0. The summed E-state index contributed by atoms with van der Waals surface area (Å²) < 4.78 is 1.61. The van der Waals surface area contributed by atoms with Crippen molar-refractivity contribution < 1.29 is 4.79 Å². The lowest BCUT2D eigenvalue weighted by Crippen LogP contribution is -2.38. The maximum absolute atomic E-state index is 13.6. The average molecular weight is 474 g/mol. The number of nitrogens with zero attached hydrogens (tertiary/aromatic N) is 3. The maximum atomic E-state index is 13.6. The van der Waals surface area contributed by atoms with Crippen LogP contribution >= 0.6 is 11.6 Å². The fourth-order valence-corrected chi connectivity index (χ4v) is 4.27. The number of unbranched alkanes of at least 4 members (excludes halogenated alkanes) is 1. The van der Waals surface area contributed by atoms with Gasteiger partial charge in [-0.25, -0.2) is 4.98 Å². The Kier molecular flexibility index (Phi) is 7.43. The highest BCUT2D eigenvalue weighted by Gasteiger charge is 2.26. The third kappa shape index (κ3) is 5.05. The fraction of sp³-hybridized carbons (Fsp3) is 0.250. The number of para-hydroxylation sites is 1. The van der Waals surface area contributed by atoms with Crippen LogP contribution in [-0.4, -0.2) is 26.9 Å². The van der Waals surface area contributed by atoms with Crippen molar-refractivity contribution in [1.82, 2.24) is 14.5 Å². The Balaban J connectivity index is 1.83. The van der Waals surface area contributed by atoms with E-state index in [0.29, 0.717) is 40.4 Å². The molecule has 0 aliphatic heterocycles. The van der Waals surface area contributed by atoms with E-state index in [4.69, 9.17) is 16.6 Å². The van der Waals surface area contributed by atoms with Gasteiger partial charge in [0, 0.05) is 11.6 Å². The van der Waals surface area contributed by atoms with E-state index in [1.165, 1.54) is 0 Å². The molecular formula is C28H28ClN3O2. The standard InChI is InChI=1S/C28H28ClN3O2/c1-3-4-18-31(26(33)19-21-10-6-5-7-11-21)20(2)27-30-25-13-9-8-12-24(25)28(34)32(27)23-16-14-22(29)15-17-23/h5-17,20H,3-4,18-19H2,1-2H3. The molecule has 5 nitrogen and oxygen atoms in total. The first-order chi connectivity index (χ1) is 16.5. The van der Waals surface area contributed by atoms with Crippen LogP contribution < -0.4 is 5.56 Å². The van der Waals surface area contributed by atoms with E-state index in [-0.39, 0.29) is 11.5 Å². The highest BCUT2D eigenvalue weighted by Crippen LogP contribution is 2.25. The van der Waals surface area contributed by atoms with Crippen molar-refractivity contribution >= 4 is 28.4 Å². The molecule has 4 aromatic rings. The molecule has 0 aliphatic rings. The monoisotopic (exact) mass is 473 g/mol. The number of amides is 1. The van der Waals surface area contributed by atoms with Gasteiger partial charge in [-0.1, -0.05) is 67.4 Å². The second-order valence-electron chi connectivity index (χ2n) is 8.38. The summed E-state index contributed by atoms with van der Waals surface area (Å²) in [6, 6.07) is 23.7. The molecule has 6 heteroatoms. The first kappa shape index (κ1) is 23.7. The van der Waals surface area contributed by atoms with Crippen LogP contribution in [0, 0.1) is 0 Å². The smallest absolute Gasteiger partial charge is 0.266 e. The third-order valence-electron chi connectivity index (χ3n) is 6.00. The molecule has 0 fully saturated rings. The van der Waals surface area contributed by atoms with Crippen LogP contribution in [0.3, 0.4) is 0 Å². The predicted octanol–water partition coefficient (Wildman–Crippen LogP) is 5.97. The molecule has 1 atom stereocenters. The van der Waals surface area contributed by atoms with Crippen molar-refractivity contribution in [2.75, 3.05) is 6.54 Å². The number of carbonyl (C=O) groups excluding carboxylic acids is 1. The quantitative estimate of drug-likeness (QED) is 0.316. The molecule has 0 saturated carbocycles. The molecule has 34 heavy (non-hydrogen) atoms. The Labute approximate surface area is 204 Å². The minimum atomic E-state index is -0.407. The van der Waals surface area contributed by atoms with Gasteiger partial charge in [-0.05, 0) is 55.3 Å². The zero-order chi connectivity index (χ0) is 24.1. The van der Waals surface area contributed by atoms with Crippen LogP contribution in [0.4, 0.5) is 0 Å². The van der Waals surface area contributed by atoms with Gasteiger partial charge in [0.1, 0.15) is 5.82 Å². The van der Waals surface area contributed by atoms with Crippen LogP contribution in [0.15, 0.2) is 83.7 Å². The van der Waals surface area contributed by atoms with Gasteiger partial charge in [-0.3, -0.25) is 14.2 Å². The number of aromatic nitrogens is 2. The second kappa shape index (κ2) is 10.7. The molecule has 0 spiro atoms. The largest absolute Gasteiger partial charge is 0.332 e. The van der Waals surface area contributed by atoms with Gasteiger partial charge in [-0.2, -0.15) is 0 Å². The molecule has 0 N–H and O–H groups in total. The van der Waals surface area contributed by atoms with Crippen molar-refractivity contribution in [1.29, 1.82) is 0 Å². The molecule has 0 radical (unpaired) electrons. The summed E-state index contributed by atoms with van der Waals surface area (Å²) in [6.07, 6.45) is 2.12. The van der Waals surface area contributed by atoms with Gasteiger partial charge in [0.25, 0.3) is 5.56 Å². The molecule has 1 unspecified atom stereocenters. The fourth-order valence-electron chi connectivity index (χ4n) is 4.14. The zero-order valence-corrected chi connectivity index (χ0v) is 20.2. The van der Waals surface area contributed by atoms with E-state index in [1.54, 1.807) is 34.9 Å². The molecule has 4 rings (SSSR count). The molecular weight excluding hydrogens is 446 g/mol. The predicted molar refractivity (Wildman–Crippen MR) is 138 cm³/mol. The van der Waals surface area contributed by atoms with E-state index in [9.17, 15) is 9.59 Å².